The summed E-state index contributed by atoms with van der Waals surface area (Å²) in [7, 11) is -0.850. The molecule has 124 valence electrons. The minimum absolute atomic E-state index is 0.188. The Bertz CT molecular complexity index is 994. The highest BCUT2D eigenvalue weighted by Gasteiger charge is 2.20. The molecule has 0 fully saturated rings. The maximum absolute atomic E-state index is 12.8. The SMILES string of the molecule is CON(C)C(=O)c1ccc2ccn(S(=O)(=O)c3ccccc3)c2c1. The number of benzene rings is 2. The molecular formula is C17H16N2O4S. The highest BCUT2D eigenvalue weighted by atomic mass is 32.2. The maximum atomic E-state index is 12.8. The van der Waals surface area contributed by atoms with Crippen molar-refractivity contribution in [1.29, 1.82) is 0 Å². The lowest BCUT2D eigenvalue weighted by atomic mass is 10.1. The zero-order chi connectivity index (χ0) is 17.3. The van der Waals surface area contributed by atoms with Crippen molar-refractivity contribution in [2.45, 2.75) is 4.90 Å². The number of hydrogen-bond donors (Lipinski definition) is 0. The average molecular weight is 344 g/mol. The third kappa shape index (κ3) is 2.68. The van der Waals surface area contributed by atoms with Crippen LogP contribution < -0.4 is 0 Å². The van der Waals surface area contributed by atoms with E-state index in [1.807, 2.05) is 0 Å². The van der Waals surface area contributed by atoms with Crippen LogP contribution in [0.4, 0.5) is 0 Å². The van der Waals surface area contributed by atoms with E-state index < -0.39 is 10.0 Å². The zero-order valence-electron chi connectivity index (χ0n) is 13.2. The van der Waals surface area contributed by atoms with Crippen LogP contribution >= 0.6 is 0 Å². The molecule has 1 amide bonds. The van der Waals surface area contributed by atoms with Gasteiger partial charge in [-0.2, -0.15) is 0 Å². The highest BCUT2D eigenvalue weighted by molar-refractivity contribution is 7.90. The van der Waals surface area contributed by atoms with E-state index >= 15 is 0 Å². The van der Waals surface area contributed by atoms with Crippen molar-refractivity contribution < 1.29 is 18.0 Å². The van der Waals surface area contributed by atoms with Crippen LogP contribution in [0.2, 0.25) is 0 Å². The number of aromatic nitrogens is 1. The first-order valence-electron chi connectivity index (χ1n) is 7.19. The van der Waals surface area contributed by atoms with Gasteiger partial charge < -0.3 is 0 Å². The van der Waals surface area contributed by atoms with Crippen molar-refractivity contribution in [2.75, 3.05) is 14.2 Å². The molecule has 0 unspecified atom stereocenters. The topological polar surface area (TPSA) is 68.6 Å². The van der Waals surface area contributed by atoms with Crippen LogP contribution in [-0.2, 0) is 14.9 Å². The summed E-state index contributed by atoms with van der Waals surface area (Å²) >= 11 is 0. The molecule has 0 spiro atoms. The Balaban J connectivity index is 2.15. The number of hydroxylamine groups is 2. The van der Waals surface area contributed by atoms with Crippen LogP contribution in [-0.4, -0.2) is 37.5 Å². The van der Waals surface area contributed by atoms with E-state index in [1.54, 1.807) is 42.5 Å². The molecule has 0 aliphatic rings. The Morgan fingerprint density at radius 3 is 2.46 bits per heavy atom. The summed E-state index contributed by atoms with van der Waals surface area (Å²) in [6, 6.07) is 14.8. The van der Waals surface area contributed by atoms with Crippen molar-refractivity contribution in [2.24, 2.45) is 0 Å². The largest absolute Gasteiger partial charge is 0.277 e. The molecule has 0 saturated heterocycles. The van der Waals surface area contributed by atoms with E-state index in [0.29, 0.717) is 11.1 Å². The molecule has 1 aromatic heterocycles. The Morgan fingerprint density at radius 2 is 1.79 bits per heavy atom. The fraction of sp³-hybridized carbons (Fsp3) is 0.118. The monoisotopic (exact) mass is 344 g/mol. The normalized spacial score (nSPS) is 11.6. The molecule has 0 saturated carbocycles. The molecule has 24 heavy (non-hydrogen) atoms. The predicted molar refractivity (Wildman–Crippen MR) is 90.1 cm³/mol. The van der Waals surface area contributed by atoms with Crippen molar-refractivity contribution in [3.8, 4) is 0 Å². The summed E-state index contributed by atoms with van der Waals surface area (Å²) in [6.07, 6.45) is 1.49. The second-order valence-electron chi connectivity index (χ2n) is 5.19. The van der Waals surface area contributed by atoms with Gasteiger partial charge in [-0.3, -0.25) is 9.63 Å². The quantitative estimate of drug-likeness (QED) is 0.682. The smallest absolute Gasteiger partial charge is 0.274 e. The fourth-order valence-electron chi connectivity index (χ4n) is 2.42. The number of rotatable bonds is 4. The molecular weight excluding hydrogens is 328 g/mol. The number of fused-ring (bicyclic) bond motifs is 1. The fourth-order valence-corrected chi connectivity index (χ4v) is 3.78. The van der Waals surface area contributed by atoms with Crippen molar-refractivity contribution >= 4 is 26.8 Å². The summed E-state index contributed by atoms with van der Waals surface area (Å²) in [5.41, 5.74) is 0.782. The van der Waals surface area contributed by atoms with Gasteiger partial charge >= 0.3 is 0 Å². The first-order chi connectivity index (χ1) is 11.4. The third-order valence-electron chi connectivity index (χ3n) is 3.76. The first kappa shape index (κ1) is 16.2. The van der Waals surface area contributed by atoms with Gasteiger partial charge in [0.2, 0.25) is 0 Å². The zero-order valence-corrected chi connectivity index (χ0v) is 14.0. The van der Waals surface area contributed by atoms with Crippen molar-refractivity contribution in [3.63, 3.8) is 0 Å². The van der Waals surface area contributed by atoms with Gasteiger partial charge in [0.05, 0.1) is 17.5 Å². The van der Waals surface area contributed by atoms with Gasteiger partial charge in [-0.15, -0.1) is 0 Å². The van der Waals surface area contributed by atoms with Crippen LogP contribution in [0.5, 0.6) is 0 Å². The van der Waals surface area contributed by atoms with Crippen LogP contribution in [0.25, 0.3) is 10.9 Å². The average Bonchev–Trinajstić information content (AvgIpc) is 3.05. The number of amides is 1. The van der Waals surface area contributed by atoms with Crippen LogP contribution in [0.3, 0.4) is 0 Å². The van der Waals surface area contributed by atoms with Gasteiger partial charge in [-0.25, -0.2) is 17.5 Å². The van der Waals surface area contributed by atoms with E-state index in [1.165, 1.54) is 36.5 Å². The van der Waals surface area contributed by atoms with E-state index in [4.69, 9.17) is 4.84 Å². The second kappa shape index (κ2) is 6.10. The Hall–Kier alpha value is -2.64. The minimum Gasteiger partial charge on any atom is -0.274 e. The lowest BCUT2D eigenvalue weighted by Crippen LogP contribution is -2.25. The molecule has 0 aliphatic heterocycles. The summed E-state index contributed by atoms with van der Waals surface area (Å²) in [5.74, 6) is -0.357. The molecule has 2 aromatic carbocycles. The number of nitrogens with zero attached hydrogens (tertiary/aromatic N) is 2. The Labute approximate surface area is 139 Å². The van der Waals surface area contributed by atoms with Gasteiger partial charge in [-0.1, -0.05) is 24.3 Å². The van der Waals surface area contributed by atoms with E-state index in [-0.39, 0.29) is 10.8 Å². The maximum Gasteiger partial charge on any atom is 0.277 e. The Kier molecular flexibility index (Phi) is 4.13. The molecule has 0 atom stereocenters. The lowest BCUT2D eigenvalue weighted by molar-refractivity contribution is -0.0756. The molecule has 0 bridgehead atoms. The van der Waals surface area contributed by atoms with Gasteiger partial charge in [0, 0.05) is 24.2 Å². The Morgan fingerprint density at radius 1 is 1.08 bits per heavy atom. The third-order valence-corrected chi connectivity index (χ3v) is 5.47. The van der Waals surface area contributed by atoms with Gasteiger partial charge in [0.15, 0.2) is 0 Å². The van der Waals surface area contributed by atoms with Crippen molar-refractivity contribution in [3.05, 3.63) is 66.4 Å². The molecule has 7 heteroatoms. The van der Waals surface area contributed by atoms with E-state index in [0.717, 1.165) is 10.4 Å². The van der Waals surface area contributed by atoms with E-state index in [2.05, 4.69) is 0 Å². The number of hydrogen-bond acceptors (Lipinski definition) is 4. The number of carbonyl (C=O) groups excluding carboxylic acids is 1. The molecule has 3 rings (SSSR count). The van der Waals surface area contributed by atoms with Crippen molar-refractivity contribution in [1.82, 2.24) is 9.04 Å². The van der Waals surface area contributed by atoms with Crippen LogP contribution in [0.15, 0.2) is 65.7 Å². The summed E-state index contributed by atoms with van der Waals surface area (Å²) in [6.45, 7) is 0. The van der Waals surface area contributed by atoms with Crippen LogP contribution in [0.1, 0.15) is 10.4 Å². The first-order valence-corrected chi connectivity index (χ1v) is 8.63. The van der Waals surface area contributed by atoms with Gasteiger partial charge in [0.1, 0.15) is 0 Å². The second-order valence-corrected chi connectivity index (χ2v) is 7.00. The summed E-state index contributed by atoms with van der Waals surface area (Å²) in [4.78, 5) is 17.3. The summed E-state index contributed by atoms with van der Waals surface area (Å²) in [5, 5.41) is 1.81. The highest BCUT2D eigenvalue weighted by Crippen LogP contribution is 2.23. The molecule has 0 N–H and O–H groups in total. The molecule has 0 aliphatic carbocycles. The molecule has 0 radical (unpaired) electrons. The van der Waals surface area contributed by atoms with Crippen LogP contribution in [0, 0.1) is 0 Å². The molecule has 6 nitrogen and oxygen atoms in total. The standard InChI is InChI=1S/C17H16N2O4S/c1-18(23-2)17(20)14-9-8-13-10-11-19(16(13)12-14)24(21,22)15-6-4-3-5-7-15/h3-12H,1-2H3. The predicted octanol–water partition coefficient (Wildman–Crippen LogP) is 2.51. The molecule has 3 aromatic rings. The summed E-state index contributed by atoms with van der Waals surface area (Å²) < 4.78 is 26.8. The van der Waals surface area contributed by atoms with E-state index in [9.17, 15) is 13.2 Å². The minimum atomic E-state index is -3.73. The molecule has 1 heterocycles. The van der Waals surface area contributed by atoms with Gasteiger partial charge in [-0.05, 0) is 30.3 Å². The van der Waals surface area contributed by atoms with Gasteiger partial charge in [0.25, 0.3) is 15.9 Å². The lowest BCUT2D eigenvalue weighted by Gasteiger charge is -2.14. The number of carbonyl (C=O) groups is 1.